The molecule has 0 aliphatic heterocycles. The maximum absolute atomic E-state index is 11.8. The molecule has 0 aromatic heterocycles. The van der Waals surface area contributed by atoms with Gasteiger partial charge in [0.15, 0.2) is 0 Å². The van der Waals surface area contributed by atoms with E-state index in [9.17, 15) is 9.59 Å². The van der Waals surface area contributed by atoms with Crippen LogP contribution in [-0.2, 0) is 14.3 Å². The lowest BCUT2D eigenvalue weighted by molar-refractivity contribution is -0.137. The highest BCUT2D eigenvalue weighted by molar-refractivity contribution is 5.78. The largest absolute Gasteiger partial charge is 0.481 e. The fourth-order valence-electron chi connectivity index (χ4n) is 1.58. The molecule has 1 unspecified atom stereocenters. The van der Waals surface area contributed by atoms with Gasteiger partial charge in [-0.25, -0.2) is 0 Å². The zero-order valence-electron chi connectivity index (χ0n) is 12.1. The Bertz CT molecular complexity index is 271. The molecule has 1 amide bonds. The molecule has 0 rings (SSSR count). The molecule has 0 radical (unpaired) electrons. The van der Waals surface area contributed by atoms with Gasteiger partial charge in [0, 0.05) is 32.8 Å². The quantitative estimate of drug-likeness (QED) is 0.543. The van der Waals surface area contributed by atoms with E-state index >= 15 is 0 Å². The van der Waals surface area contributed by atoms with Crippen molar-refractivity contribution in [3.8, 4) is 0 Å². The molecule has 0 bridgehead atoms. The van der Waals surface area contributed by atoms with E-state index in [0.29, 0.717) is 19.7 Å². The average molecular weight is 274 g/mol. The number of carbonyl (C=O) groups excluding carboxylic acids is 1. The van der Waals surface area contributed by atoms with E-state index in [1.165, 1.54) is 0 Å². The standard InChI is InChI=1S/C13H26N2O4/c1-4-11(2)14-12(16)10-15(7-5-9-19-3)8-6-13(17)18/h11H,4-10H2,1-3H3,(H,14,16)(H,17,18). The third-order valence-electron chi connectivity index (χ3n) is 2.85. The van der Waals surface area contributed by atoms with Crippen LogP contribution in [0.3, 0.4) is 0 Å². The summed E-state index contributed by atoms with van der Waals surface area (Å²) in [5.41, 5.74) is 0. The SMILES string of the molecule is CCC(C)NC(=O)CN(CCCOC)CCC(=O)O. The predicted molar refractivity (Wildman–Crippen MR) is 73.1 cm³/mol. The predicted octanol–water partition coefficient (Wildman–Crippen LogP) is 0.714. The average Bonchev–Trinajstić information content (AvgIpc) is 2.35. The van der Waals surface area contributed by atoms with Crippen molar-refractivity contribution in [2.75, 3.05) is 33.4 Å². The van der Waals surface area contributed by atoms with Crippen molar-refractivity contribution in [1.29, 1.82) is 0 Å². The number of rotatable bonds is 11. The molecular weight excluding hydrogens is 248 g/mol. The van der Waals surface area contributed by atoms with Crippen LogP contribution in [0.2, 0.25) is 0 Å². The smallest absolute Gasteiger partial charge is 0.304 e. The fourth-order valence-corrected chi connectivity index (χ4v) is 1.58. The summed E-state index contributed by atoms with van der Waals surface area (Å²) in [6.07, 6.45) is 1.71. The van der Waals surface area contributed by atoms with E-state index in [1.807, 2.05) is 18.7 Å². The molecular formula is C13H26N2O4. The molecule has 0 heterocycles. The number of amides is 1. The Morgan fingerprint density at radius 1 is 1.37 bits per heavy atom. The topological polar surface area (TPSA) is 78.9 Å². The van der Waals surface area contributed by atoms with Crippen LogP contribution >= 0.6 is 0 Å². The number of hydrogen-bond acceptors (Lipinski definition) is 4. The van der Waals surface area contributed by atoms with Crippen molar-refractivity contribution >= 4 is 11.9 Å². The van der Waals surface area contributed by atoms with E-state index in [1.54, 1.807) is 7.11 Å². The molecule has 6 heteroatoms. The highest BCUT2D eigenvalue weighted by Crippen LogP contribution is 1.96. The van der Waals surface area contributed by atoms with Gasteiger partial charge in [-0.05, 0) is 19.8 Å². The lowest BCUT2D eigenvalue weighted by Crippen LogP contribution is -2.42. The van der Waals surface area contributed by atoms with E-state index < -0.39 is 5.97 Å². The molecule has 0 aliphatic rings. The summed E-state index contributed by atoms with van der Waals surface area (Å²) in [4.78, 5) is 24.2. The Morgan fingerprint density at radius 2 is 2.05 bits per heavy atom. The molecule has 2 N–H and O–H groups in total. The Morgan fingerprint density at radius 3 is 2.58 bits per heavy atom. The Hall–Kier alpha value is -1.14. The first-order chi connectivity index (χ1) is 8.99. The summed E-state index contributed by atoms with van der Waals surface area (Å²) in [6, 6.07) is 0.146. The molecule has 1 atom stereocenters. The first-order valence-corrected chi connectivity index (χ1v) is 6.72. The summed E-state index contributed by atoms with van der Waals surface area (Å²) in [5, 5.41) is 11.6. The van der Waals surface area contributed by atoms with Crippen molar-refractivity contribution in [2.24, 2.45) is 0 Å². The summed E-state index contributed by atoms with van der Waals surface area (Å²) < 4.78 is 4.96. The molecule has 0 aromatic rings. The molecule has 0 fully saturated rings. The van der Waals surface area contributed by atoms with Crippen LogP contribution in [0.4, 0.5) is 0 Å². The molecule has 0 saturated carbocycles. The number of ether oxygens (including phenoxy) is 1. The van der Waals surface area contributed by atoms with E-state index in [2.05, 4.69) is 5.32 Å². The Labute approximate surface area is 115 Å². The summed E-state index contributed by atoms with van der Waals surface area (Å²) >= 11 is 0. The summed E-state index contributed by atoms with van der Waals surface area (Å²) in [5.74, 6) is -0.906. The van der Waals surface area contributed by atoms with Crippen molar-refractivity contribution in [1.82, 2.24) is 10.2 Å². The Balaban J connectivity index is 4.14. The third kappa shape index (κ3) is 10.5. The first kappa shape index (κ1) is 17.9. The second kappa shape index (κ2) is 10.8. The number of hydrogen-bond donors (Lipinski definition) is 2. The van der Waals surface area contributed by atoms with Gasteiger partial charge in [0.2, 0.25) is 5.91 Å². The Kier molecular flexibility index (Phi) is 10.1. The van der Waals surface area contributed by atoms with Crippen LogP contribution in [0.25, 0.3) is 0 Å². The molecule has 0 saturated heterocycles. The maximum atomic E-state index is 11.8. The van der Waals surface area contributed by atoms with E-state index in [0.717, 1.165) is 12.8 Å². The maximum Gasteiger partial charge on any atom is 0.304 e. The second-order valence-corrected chi connectivity index (χ2v) is 4.64. The number of carbonyl (C=O) groups is 2. The second-order valence-electron chi connectivity index (χ2n) is 4.64. The van der Waals surface area contributed by atoms with Gasteiger partial charge in [-0.15, -0.1) is 0 Å². The van der Waals surface area contributed by atoms with Crippen molar-refractivity contribution in [3.05, 3.63) is 0 Å². The zero-order valence-corrected chi connectivity index (χ0v) is 12.1. The van der Waals surface area contributed by atoms with Crippen molar-refractivity contribution < 1.29 is 19.4 Å². The van der Waals surface area contributed by atoms with Crippen LogP contribution in [0.5, 0.6) is 0 Å². The third-order valence-corrected chi connectivity index (χ3v) is 2.85. The fraction of sp³-hybridized carbons (Fsp3) is 0.846. The minimum Gasteiger partial charge on any atom is -0.481 e. The number of carboxylic acids is 1. The summed E-state index contributed by atoms with van der Waals surface area (Å²) in [6.45, 7) is 5.84. The molecule has 19 heavy (non-hydrogen) atoms. The molecule has 112 valence electrons. The van der Waals surface area contributed by atoms with Gasteiger partial charge < -0.3 is 15.2 Å². The number of carboxylic acid groups (broad SMARTS) is 1. The van der Waals surface area contributed by atoms with Gasteiger partial charge in [-0.2, -0.15) is 0 Å². The summed E-state index contributed by atoms with van der Waals surface area (Å²) in [7, 11) is 1.62. The minimum atomic E-state index is -0.848. The lowest BCUT2D eigenvalue weighted by atomic mass is 10.2. The number of methoxy groups -OCH3 is 1. The van der Waals surface area contributed by atoms with Crippen molar-refractivity contribution in [2.45, 2.75) is 39.2 Å². The number of nitrogens with zero attached hydrogens (tertiary/aromatic N) is 1. The molecule has 0 spiro atoms. The minimum absolute atomic E-state index is 0.0452. The van der Waals surface area contributed by atoms with E-state index in [4.69, 9.17) is 9.84 Å². The van der Waals surface area contributed by atoms with E-state index in [-0.39, 0.29) is 24.9 Å². The molecule has 0 aliphatic carbocycles. The van der Waals surface area contributed by atoms with Crippen LogP contribution in [0, 0.1) is 0 Å². The van der Waals surface area contributed by atoms with Gasteiger partial charge in [0.25, 0.3) is 0 Å². The molecule has 6 nitrogen and oxygen atoms in total. The van der Waals surface area contributed by atoms with Crippen molar-refractivity contribution in [3.63, 3.8) is 0 Å². The zero-order chi connectivity index (χ0) is 14.7. The van der Waals surface area contributed by atoms with Gasteiger partial charge in [0.05, 0.1) is 13.0 Å². The van der Waals surface area contributed by atoms with Gasteiger partial charge in [-0.3, -0.25) is 14.5 Å². The highest BCUT2D eigenvalue weighted by atomic mass is 16.5. The van der Waals surface area contributed by atoms with Gasteiger partial charge in [0.1, 0.15) is 0 Å². The first-order valence-electron chi connectivity index (χ1n) is 6.72. The van der Waals surface area contributed by atoms with Crippen LogP contribution in [0.1, 0.15) is 33.1 Å². The number of nitrogens with one attached hydrogen (secondary N) is 1. The highest BCUT2D eigenvalue weighted by Gasteiger charge is 2.13. The van der Waals surface area contributed by atoms with Crippen LogP contribution in [-0.4, -0.2) is 61.3 Å². The lowest BCUT2D eigenvalue weighted by Gasteiger charge is -2.22. The molecule has 0 aromatic carbocycles. The van der Waals surface area contributed by atoms with Gasteiger partial charge >= 0.3 is 5.97 Å². The van der Waals surface area contributed by atoms with Crippen LogP contribution < -0.4 is 5.32 Å². The van der Waals surface area contributed by atoms with Crippen LogP contribution in [0.15, 0.2) is 0 Å². The monoisotopic (exact) mass is 274 g/mol. The number of aliphatic carboxylic acids is 1. The van der Waals surface area contributed by atoms with Gasteiger partial charge in [-0.1, -0.05) is 6.92 Å². The normalized spacial score (nSPS) is 12.4.